The zero-order chi connectivity index (χ0) is 18.9. The summed E-state index contributed by atoms with van der Waals surface area (Å²) in [5, 5.41) is 6.01. The van der Waals surface area contributed by atoms with E-state index >= 15 is 0 Å². The molecule has 1 heterocycles. The summed E-state index contributed by atoms with van der Waals surface area (Å²) in [5.41, 5.74) is -0.238. The maximum absolute atomic E-state index is 13.1. The Morgan fingerprint density at radius 1 is 1.12 bits per heavy atom. The van der Waals surface area contributed by atoms with Gasteiger partial charge in [0.05, 0.1) is 5.25 Å². The van der Waals surface area contributed by atoms with Crippen molar-refractivity contribution < 1.29 is 17.7 Å². The molecule has 1 N–H and O–H groups in total. The normalized spacial score (nSPS) is 18.0. The number of amides is 1. The van der Waals surface area contributed by atoms with Crippen molar-refractivity contribution in [2.45, 2.75) is 88.6 Å². The molecule has 0 aliphatic heterocycles. The Hall–Kier alpha value is -1.37. The molecule has 1 aliphatic carbocycles. The summed E-state index contributed by atoms with van der Waals surface area (Å²) in [6.45, 7) is 8.87. The second-order valence-electron chi connectivity index (χ2n) is 8.45. The van der Waals surface area contributed by atoms with Gasteiger partial charge in [-0.1, -0.05) is 51.6 Å². The van der Waals surface area contributed by atoms with Crippen molar-refractivity contribution in [1.29, 1.82) is 0 Å². The van der Waals surface area contributed by atoms with Crippen LogP contribution in [0.1, 0.15) is 78.9 Å². The third-order valence-electron chi connectivity index (χ3n) is 4.99. The molecule has 1 saturated carbocycles. The van der Waals surface area contributed by atoms with Gasteiger partial charge in [0.2, 0.25) is 5.91 Å². The summed E-state index contributed by atoms with van der Waals surface area (Å²) in [7, 11) is -3.60. The molecule has 0 atom stereocenters. The van der Waals surface area contributed by atoms with Gasteiger partial charge in [0.15, 0.2) is 15.7 Å². The molecule has 142 valence electrons. The quantitative estimate of drug-likeness (QED) is 0.814. The maximum Gasteiger partial charge on any atom is 0.246 e. The molecule has 0 saturated heterocycles. The van der Waals surface area contributed by atoms with E-state index in [0.717, 1.165) is 25.7 Å². The minimum absolute atomic E-state index is 0.238. The molecule has 1 aromatic heterocycles. The van der Waals surface area contributed by atoms with Crippen LogP contribution in [0.4, 0.5) is 5.82 Å². The van der Waals surface area contributed by atoms with Gasteiger partial charge in [-0.15, -0.1) is 0 Å². The lowest BCUT2D eigenvalue weighted by Crippen LogP contribution is -2.48. The number of anilines is 1. The highest BCUT2D eigenvalue weighted by Crippen LogP contribution is 2.32. The number of carbonyl (C=O) groups is 1. The van der Waals surface area contributed by atoms with Gasteiger partial charge in [0.1, 0.15) is 10.5 Å². The molecule has 0 bridgehead atoms. The molecule has 7 heteroatoms. The monoisotopic (exact) mass is 370 g/mol. The maximum atomic E-state index is 13.1. The van der Waals surface area contributed by atoms with E-state index in [0.29, 0.717) is 18.6 Å². The Balaban J connectivity index is 2.17. The molecular weight excluding hydrogens is 340 g/mol. The van der Waals surface area contributed by atoms with E-state index in [-0.39, 0.29) is 11.2 Å². The van der Waals surface area contributed by atoms with Crippen LogP contribution in [0.2, 0.25) is 0 Å². The van der Waals surface area contributed by atoms with Gasteiger partial charge >= 0.3 is 0 Å². The van der Waals surface area contributed by atoms with E-state index < -0.39 is 25.7 Å². The van der Waals surface area contributed by atoms with Gasteiger partial charge in [0, 0.05) is 11.5 Å². The molecule has 6 nitrogen and oxygen atoms in total. The van der Waals surface area contributed by atoms with Crippen LogP contribution in [0.15, 0.2) is 10.6 Å². The Labute approximate surface area is 150 Å². The number of hydrogen-bond acceptors (Lipinski definition) is 5. The van der Waals surface area contributed by atoms with Crippen molar-refractivity contribution in [3.05, 3.63) is 11.8 Å². The van der Waals surface area contributed by atoms with Crippen LogP contribution in [0, 0.1) is 0 Å². The fourth-order valence-electron chi connectivity index (χ4n) is 3.05. The summed E-state index contributed by atoms with van der Waals surface area (Å²) in [4.78, 5) is 12.7. The third kappa shape index (κ3) is 4.25. The van der Waals surface area contributed by atoms with Gasteiger partial charge in [-0.05, 0) is 26.7 Å². The summed E-state index contributed by atoms with van der Waals surface area (Å²) in [5.74, 6) is 0.316. The molecule has 1 aromatic rings. The van der Waals surface area contributed by atoms with Gasteiger partial charge in [-0.3, -0.25) is 4.79 Å². The number of nitrogens with zero attached hydrogens (tertiary/aromatic N) is 1. The van der Waals surface area contributed by atoms with Crippen LogP contribution in [0.3, 0.4) is 0 Å². The van der Waals surface area contributed by atoms with Crippen LogP contribution in [0.25, 0.3) is 0 Å². The first kappa shape index (κ1) is 19.9. The standard InChI is InChI=1S/C18H30N2O4S/c1-17(2,3)14-12-15(20-24-14)19-16(21)18(4,5)25(22,23)13-10-8-6-7-9-11-13/h12-13H,6-11H2,1-5H3,(H,19,20,21). The fourth-order valence-corrected chi connectivity index (χ4v) is 5.15. The van der Waals surface area contributed by atoms with Gasteiger partial charge in [0.25, 0.3) is 0 Å². The fraction of sp³-hybridized carbons (Fsp3) is 0.778. The van der Waals surface area contributed by atoms with Crippen LogP contribution < -0.4 is 5.32 Å². The van der Waals surface area contributed by atoms with Crippen molar-refractivity contribution in [3.8, 4) is 0 Å². The SMILES string of the molecule is CC(C)(C)c1cc(NC(=O)C(C)(C)S(=O)(=O)C2CCCCCC2)no1. The van der Waals surface area contributed by atoms with Crippen LogP contribution >= 0.6 is 0 Å². The predicted octanol–water partition coefficient (Wildman–Crippen LogP) is 3.83. The Morgan fingerprint density at radius 2 is 1.68 bits per heavy atom. The third-order valence-corrected chi connectivity index (χ3v) is 7.95. The minimum atomic E-state index is -3.60. The highest BCUT2D eigenvalue weighted by Gasteiger charge is 2.46. The van der Waals surface area contributed by atoms with Gasteiger partial charge < -0.3 is 9.84 Å². The highest BCUT2D eigenvalue weighted by atomic mass is 32.2. The molecule has 25 heavy (non-hydrogen) atoms. The van der Waals surface area contributed by atoms with E-state index in [4.69, 9.17) is 4.52 Å². The summed E-state index contributed by atoms with van der Waals surface area (Å²) in [6.07, 6.45) is 5.20. The number of sulfone groups is 1. The van der Waals surface area contributed by atoms with Crippen molar-refractivity contribution >= 4 is 21.6 Å². The van der Waals surface area contributed by atoms with Crippen molar-refractivity contribution in [2.75, 3.05) is 5.32 Å². The number of hydrogen-bond donors (Lipinski definition) is 1. The summed E-state index contributed by atoms with van der Waals surface area (Å²) < 4.78 is 29.8. The molecule has 1 amide bonds. The predicted molar refractivity (Wildman–Crippen MR) is 98.3 cm³/mol. The summed E-state index contributed by atoms with van der Waals surface area (Å²) >= 11 is 0. The topological polar surface area (TPSA) is 89.3 Å². The first-order valence-electron chi connectivity index (χ1n) is 8.98. The summed E-state index contributed by atoms with van der Waals surface area (Å²) in [6, 6.07) is 1.65. The van der Waals surface area contributed by atoms with E-state index in [9.17, 15) is 13.2 Å². The Bertz CT molecular complexity index is 706. The molecule has 1 fully saturated rings. The average Bonchev–Trinajstić information content (AvgIpc) is 2.80. The number of rotatable bonds is 4. The first-order valence-corrected chi connectivity index (χ1v) is 10.5. The molecular formula is C18H30N2O4S. The van der Waals surface area contributed by atoms with Crippen molar-refractivity contribution in [3.63, 3.8) is 0 Å². The number of carbonyl (C=O) groups excluding carboxylic acids is 1. The van der Waals surface area contributed by atoms with Crippen molar-refractivity contribution in [1.82, 2.24) is 5.16 Å². The van der Waals surface area contributed by atoms with Crippen LogP contribution in [-0.4, -0.2) is 29.5 Å². The van der Waals surface area contributed by atoms with Crippen LogP contribution in [0.5, 0.6) is 0 Å². The van der Waals surface area contributed by atoms with Crippen molar-refractivity contribution in [2.24, 2.45) is 0 Å². The largest absolute Gasteiger partial charge is 0.359 e. The first-order chi connectivity index (χ1) is 11.5. The molecule has 2 rings (SSSR count). The van der Waals surface area contributed by atoms with E-state index in [1.807, 2.05) is 20.8 Å². The van der Waals surface area contributed by atoms with Gasteiger partial charge in [-0.2, -0.15) is 0 Å². The molecule has 1 aliphatic rings. The molecule has 0 radical (unpaired) electrons. The average molecular weight is 371 g/mol. The van der Waals surface area contributed by atoms with E-state index in [1.165, 1.54) is 13.8 Å². The molecule has 0 unspecified atom stereocenters. The number of aromatic nitrogens is 1. The lowest BCUT2D eigenvalue weighted by Gasteiger charge is -2.28. The highest BCUT2D eigenvalue weighted by molar-refractivity contribution is 7.94. The Morgan fingerprint density at radius 3 is 2.16 bits per heavy atom. The lowest BCUT2D eigenvalue weighted by molar-refractivity contribution is -0.117. The molecule has 0 spiro atoms. The smallest absolute Gasteiger partial charge is 0.246 e. The zero-order valence-corrected chi connectivity index (χ0v) is 16.7. The van der Waals surface area contributed by atoms with E-state index in [1.54, 1.807) is 6.07 Å². The van der Waals surface area contributed by atoms with E-state index in [2.05, 4.69) is 10.5 Å². The molecule has 0 aromatic carbocycles. The second-order valence-corrected chi connectivity index (χ2v) is 11.2. The van der Waals surface area contributed by atoms with Crippen LogP contribution in [-0.2, 0) is 20.0 Å². The number of nitrogens with one attached hydrogen (secondary N) is 1. The minimum Gasteiger partial charge on any atom is -0.359 e. The Kier molecular flexibility index (Phi) is 5.66. The zero-order valence-electron chi connectivity index (χ0n) is 15.9. The second kappa shape index (κ2) is 7.09. The van der Waals surface area contributed by atoms with Gasteiger partial charge in [-0.25, -0.2) is 8.42 Å². The lowest BCUT2D eigenvalue weighted by atomic mass is 9.93.